The van der Waals surface area contributed by atoms with E-state index in [1.807, 2.05) is 6.07 Å². The molecule has 2 rings (SSSR count). The molecular weight excluding hydrogens is 288 g/mol. The largest absolute Gasteiger partial charge is 0.493 e. The fourth-order valence-electron chi connectivity index (χ4n) is 2.42. The lowest BCUT2D eigenvalue weighted by Gasteiger charge is -2.27. The number of aryl methyl sites for hydroxylation is 1. The van der Waals surface area contributed by atoms with Crippen LogP contribution in [0.5, 0.6) is 11.5 Å². The number of carbonyl (C=O) groups excluding carboxylic acids is 2. The summed E-state index contributed by atoms with van der Waals surface area (Å²) in [6.07, 6.45) is 2.08. The molecule has 0 saturated carbocycles. The number of methoxy groups -OCH3 is 3. The van der Waals surface area contributed by atoms with Gasteiger partial charge in [-0.15, -0.1) is 0 Å². The van der Waals surface area contributed by atoms with Crippen LogP contribution in [0.25, 0.3) is 0 Å². The molecule has 1 N–H and O–H groups in total. The van der Waals surface area contributed by atoms with Crippen molar-refractivity contribution >= 4 is 17.7 Å². The lowest BCUT2D eigenvalue weighted by atomic mass is 10.0. The van der Waals surface area contributed by atoms with E-state index in [-0.39, 0.29) is 5.91 Å². The van der Waals surface area contributed by atoms with E-state index in [4.69, 9.17) is 9.47 Å². The van der Waals surface area contributed by atoms with Crippen LogP contribution < -0.4 is 19.9 Å². The van der Waals surface area contributed by atoms with Crippen LogP contribution in [0.4, 0.5) is 10.5 Å². The normalized spacial score (nSPS) is 14.5. The number of anilines is 1. The highest BCUT2D eigenvalue weighted by Gasteiger charge is 2.25. The molecule has 0 fully saturated rings. The molecule has 0 atom stereocenters. The molecule has 2 amide bonds. The lowest BCUT2D eigenvalue weighted by Crippen LogP contribution is -2.47. The third-order valence-corrected chi connectivity index (χ3v) is 3.55. The Bertz CT molecular complexity index is 573. The molecule has 0 aromatic heterocycles. The number of nitrogens with one attached hydrogen (secondary N) is 1. The Kier molecular flexibility index (Phi) is 5.08. The number of fused-ring (bicyclic) bond motifs is 1. The van der Waals surface area contributed by atoms with E-state index in [1.165, 1.54) is 19.2 Å². The highest BCUT2D eigenvalue weighted by atomic mass is 16.5. The van der Waals surface area contributed by atoms with E-state index in [1.54, 1.807) is 13.2 Å². The van der Waals surface area contributed by atoms with Gasteiger partial charge in [-0.3, -0.25) is 4.79 Å². The molecule has 0 unspecified atom stereocenters. The molecule has 7 nitrogen and oxygen atoms in total. The molecule has 120 valence electrons. The summed E-state index contributed by atoms with van der Waals surface area (Å²) in [6, 6.07) is 3.52. The zero-order chi connectivity index (χ0) is 16.1. The van der Waals surface area contributed by atoms with Gasteiger partial charge < -0.3 is 14.2 Å². The monoisotopic (exact) mass is 308 g/mol. The fraction of sp³-hybridized carbons (Fsp3) is 0.467. The van der Waals surface area contributed by atoms with Gasteiger partial charge in [0.05, 0.1) is 27.0 Å². The summed E-state index contributed by atoms with van der Waals surface area (Å²) in [6.45, 7) is 0. The van der Waals surface area contributed by atoms with Crippen molar-refractivity contribution in [2.75, 3.05) is 26.3 Å². The van der Waals surface area contributed by atoms with Gasteiger partial charge in [0.1, 0.15) is 0 Å². The molecule has 1 aromatic carbocycles. The first-order chi connectivity index (χ1) is 10.6. The van der Waals surface area contributed by atoms with Gasteiger partial charge in [-0.25, -0.2) is 15.2 Å². The van der Waals surface area contributed by atoms with Crippen molar-refractivity contribution < 1.29 is 23.8 Å². The number of benzene rings is 1. The summed E-state index contributed by atoms with van der Waals surface area (Å²) in [7, 11) is 4.33. The van der Waals surface area contributed by atoms with E-state index in [0.717, 1.165) is 24.8 Å². The number of hydrazine groups is 1. The Hall–Kier alpha value is -2.44. The van der Waals surface area contributed by atoms with Crippen molar-refractivity contribution in [2.24, 2.45) is 0 Å². The zero-order valence-corrected chi connectivity index (χ0v) is 13.0. The molecule has 0 radical (unpaired) electrons. The van der Waals surface area contributed by atoms with Gasteiger partial charge in [0, 0.05) is 12.5 Å². The van der Waals surface area contributed by atoms with Gasteiger partial charge in [-0.2, -0.15) is 0 Å². The zero-order valence-electron chi connectivity index (χ0n) is 13.0. The van der Waals surface area contributed by atoms with Crippen LogP contribution in [0.3, 0.4) is 0 Å². The maximum absolute atomic E-state index is 12.3. The number of amides is 2. The Morgan fingerprint density at radius 1 is 1.09 bits per heavy atom. The van der Waals surface area contributed by atoms with Crippen LogP contribution in [0.15, 0.2) is 12.1 Å². The molecule has 0 aliphatic carbocycles. The molecule has 1 aliphatic rings. The summed E-state index contributed by atoms with van der Waals surface area (Å²) < 4.78 is 15.2. The first-order valence-electron chi connectivity index (χ1n) is 7.03. The smallest absolute Gasteiger partial charge is 0.426 e. The number of rotatable bonds is 3. The topological polar surface area (TPSA) is 77.1 Å². The molecule has 0 bridgehead atoms. The molecule has 1 aromatic rings. The second-order valence-corrected chi connectivity index (χ2v) is 4.88. The van der Waals surface area contributed by atoms with Crippen molar-refractivity contribution in [3.05, 3.63) is 17.7 Å². The maximum Gasteiger partial charge on any atom is 0.426 e. The van der Waals surface area contributed by atoms with Crippen molar-refractivity contribution in [3.8, 4) is 11.5 Å². The summed E-state index contributed by atoms with van der Waals surface area (Å²) in [5.74, 6) is 0.886. The second kappa shape index (κ2) is 7.02. The summed E-state index contributed by atoms with van der Waals surface area (Å²) in [5, 5.41) is 1.22. The average molecular weight is 308 g/mol. The molecule has 1 heterocycles. The number of hydrogen-bond donors (Lipinski definition) is 1. The van der Waals surface area contributed by atoms with E-state index in [9.17, 15) is 9.59 Å². The predicted octanol–water partition coefficient (Wildman–Crippen LogP) is 2.03. The first kappa shape index (κ1) is 15.9. The summed E-state index contributed by atoms with van der Waals surface area (Å²) in [4.78, 5) is 23.8. The van der Waals surface area contributed by atoms with Crippen molar-refractivity contribution in [1.82, 2.24) is 5.43 Å². The molecule has 7 heteroatoms. The van der Waals surface area contributed by atoms with Gasteiger partial charge in [-0.1, -0.05) is 0 Å². The van der Waals surface area contributed by atoms with E-state index < -0.39 is 6.09 Å². The van der Waals surface area contributed by atoms with E-state index >= 15 is 0 Å². The minimum absolute atomic E-state index is 0.196. The van der Waals surface area contributed by atoms with Crippen molar-refractivity contribution in [1.29, 1.82) is 0 Å². The van der Waals surface area contributed by atoms with Gasteiger partial charge in [0.25, 0.3) is 0 Å². The lowest BCUT2D eigenvalue weighted by molar-refractivity contribution is -0.119. The number of nitrogens with zero attached hydrogens (tertiary/aromatic N) is 1. The van der Waals surface area contributed by atoms with Crippen LogP contribution in [0.1, 0.15) is 24.8 Å². The minimum atomic E-state index is -0.699. The average Bonchev–Trinajstić information content (AvgIpc) is 2.54. The molecular formula is C15H20N2O5. The Balaban J connectivity index is 2.50. The number of ether oxygens (including phenoxy) is 3. The van der Waals surface area contributed by atoms with Gasteiger partial charge >= 0.3 is 6.09 Å². The third-order valence-electron chi connectivity index (χ3n) is 3.55. The predicted molar refractivity (Wildman–Crippen MR) is 80.1 cm³/mol. The second-order valence-electron chi connectivity index (χ2n) is 4.88. The van der Waals surface area contributed by atoms with Crippen molar-refractivity contribution in [3.63, 3.8) is 0 Å². The highest BCUT2D eigenvalue weighted by molar-refractivity contribution is 5.96. The minimum Gasteiger partial charge on any atom is -0.493 e. The molecule has 1 aliphatic heterocycles. The first-order valence-corrected chi connectivity index (χ1v) is 7.03. The van der Waals surface area contributed by atoms with E-state index in [2.05, 4.69) is 10.2 Å². The summed E-state index contributed by atoms with van der Waals surface area (Å²) >= 11 is 0. The number of hydrogen-bond acceptors (Lipinski definition) is 5. The Morgan fingerprint density at radius 3 is 2.36 bits per heavy atom. The highest BCUT2D eigenvalue weighted by Crippen LogP contribution is 2.36. The van der Waals surface area contributed by atoms with Gasteiger partial charge in [0.2, 0.25) is 5.91 Å². The number of carbonyl (C=O) groups is 2. The molecule has 0 spiro atoms. The molecule has 22 heavy (non-hydrogen) atoms. The molecule has 0 saturated heterocycles. The Morgan fingerprint density at radius 2 is 1.73 bits per heavy atom. The van der Waals surface area contributed by atoms with Crippen LogP contribution >= 0.6 is 0 Å². The maximum atomic E-state index is 12.3. The fourth-order valence-corrected chi connectivity index (χ4v) is 2.42. The van der Waals surface area contributed by atoms with Crippen LogP contribution in [0, 0.1) is 0 Å². The van der Waals surface area contributed by atoms with Gasteiger partial charge in [-0.05, 0) is 30.9 Å². The van der Waals surface area contributed by atoms with Gasteiger partial charge in [0.15, 0.2) is 11.5 Å². The SMILES string of the molecule is COC(=O)NN1C(=O)CCCCc2cc(OC)c(OC)cc21. The third kappa shape index (κ3) is 3.24. The standard InChI is InChI=1S/C15H20N2O5/c1-20-12-8-10-6-4-5-7-14(18)17(16-15(19)22-3)11(10)9-13(12)21-2/h8-9H,4-7H2,1-3H3,(H,16,19). The van der Waals surface area contributed by atoms with E-state index in [0.29, 0.717) is 23.6 Å². The van der Waals surface area contributed by atoms with Crippen LogP contribution in [0.2, 0.25) is 0 Å². The van der Waals surface area contributed by atoms with Crippen LogP contribution in [-0.2, 0) is 16.0 Å². The van der Waals surface area contributed by atoms with Crippen molar-refractivity contribution in [2.45, 2.75) is 25.7 Å². The quantitative estimate of drug-likeness (QED) is 0.924. The Labute approximate surface area is 129 Å². The summed E-state index contributed by atoms with van der Waals surface area (Å²) in [5.41, 5.74) is 3.94. The van der Waals surface area contributed by atoms with Crippen LogP contribution in [-0.4, -0.2) is 33.3 Å².